The second-order valence-electron chi connectivity index (χ2n) is 9.97. The average Bonchev–Trinajstić information content (AvgIpc) is 3.42. The molecule has 0 N–H and O–H groups in total. The number of ether oxygens (including phenoxy) is 2. The van der Waals surface area contributed by atoms with Crippen LogP contribution in [-0.2, 0) is 20.7 Å². The number of esters is 1. The molecule has 0 radical (unpaired) electrons. The summed E-state index contributed by atoms with van der Waals surface area (Å²) >= 11 is 0. The van der Waals surface area contributed by atoms with Crippen molar-refractivity contribution in [3.8, 4) is 5.75 Å². The molecule has 5 nitrogen and oxygen atoms in total. The summed E-state index contributed by atoms with van der Waals surface area (Å²) < 4.78 is 10.4. The van der Waals surface area contributed by atoms with Crippen LogP contribution in [0.25, 0.3) is 0 Å². The Balaban J connectivity index is 1.38. The normalized spacial score (nSPS) is 33.8. The number of carbonyl (C=O) groups is 2. The molecular formula is C26H33NO4. The van der Waals surface area contributed by atoms with Gasteiger partial charge >= 0.3 is 5.97 Å². The van der Waals surface area contributed by atoms with Crippen LogP contribution in [0.15, 0.2) is 29.8 Å². The number of hydrogen-bond donors (Lipinski definition) is 0. The number of nitrogens with zero attached hydrogens (tertiary/aromatic N) is 1. The van der Waals surface area contributed by atoms with Crippen LogP contribution in [0, 0.1) is 17.3 Å². The van der Waals surface area contributed by atoms with Crippen molar-refractivity contribution in [2.45, 2.75) is 63.8 Å². The number of methoxy groups -OCH3 is 2. The van der Waals surface area contributed by atoms with Gasteiger partial charge in [0.25, 0.3) is 5.91 Å². The SMILES string of the molecule is COC(=O)C1CCCN1C(=O)C1=CC[C@H]2[C@@H]3CCc4cc(OC)ccc4[C@H]3CC[C@@]12C. The fraction of sp³-hybridized carbons (Fsp3) is 0.615. The fourth-order valence-electron chi connectivity index (χ4n) is 7.13. The average molecular weight is 424 g/mol. The standard InChI is InChI=1S/C26H33NO4/c1-26-13-12-19-18-9-7-17(30-2)15-16(18)6-8-20(19)21(26)10-11-22(26)24(28)27-14-4-5-23(27)25(29)31-3/h7,9,11,15,19-21,23H,4-6,8,10,12-14H2,1-3H3/t19-,20-,21+,23?,26-/m1/s1. The Bertz CT molecular complexity index is 937. The van der Waals surface area contributed by atoms with Gasteiger partial charge in [0.1, 0.15) is 11.8 Å². The number of fused-ring (bicyclic) bond motifs is 5. The molecule has 31 heavy (non-hydrogen) atoms. The Kier molecular flexibility index (Phi) is 5.10. The molecule has 1 aliphatic heterocycles. The van der Waals surface area contributed by atoms with E-state index >= 15 is 0 Å². The predicted octanol–water partition coefficient (Wildman–Crippen LogP) is 4.25. The Morgan fingerprint density at radius 2 is 2.00 bits per heavy atom. The topological polar surface area (TPSA) is 55.8 Å². The first-order chi connectivity index (χ1) is 15.0. The molecule has 1 saturated heterocycles. The molecule has 166 valence electrons. The molecule has 2 fully saturated rings. The van der Waals surface area contributed by atoms with Gasteiger partial charge in [0.2, 0.25) is 0 Å². The first-order valence-electron chi connectivity index (χ1n) is 11.7. The summed E-state index contributed by atoms with van der Waals surface area (Å²) in [4.78, 5) is 27.6. The number of hydrogen-bond acceptors (Lipinski definition) is 4. The molecule has 0 bridgehead atoms. The molecule has 3 aliphatic carbocycles. The van der Waals surface area contributed by atoms with E-state index in [2.05, 4.69) is 31.2 Å². The van der Waals surface area contributed by atoms with Crippen LogP contribution in [0.5, 0.6) is 5.75 Å². The van der Waals surface area contributed by atoms with E-state index in [-0.39, 0.29) is 17.3 Å². The molecule has 5 rings (SSSR count). The zero-order chi connectivity index (χ0) is 21.8. The molecule has 1 aromatic carbocycles. The molecule has 4 aliphatic rings. The highest BCUT2D eigenvalue weighted by Gasteiger charge is 2.54. The van der Waals surface area contributed by atoms with Crippen molar-refractivity contribution in [1.29, 1.82) is 0 Å². The lowest BCUT2D eigenvalue weighted by molar-refractivity contribution is -0.150. The van der Waals surface area contributed by atoms with Crippen molar-refractivity contribution in [2.75, 3.05) is 20.8 Å². The molecule has 0 aromatic heterocycles. The molecular weight excluding hydrogens is 390 g/mol. The van der Waals surface area contributed by atoms with Gasteiger partial charge in [-0.2, -0.15) is 0 Å². The number of amides is 1. The summed E-state index contributed by atoms with van der Waals surface area (Å²) in [5.74, 6) is 2.41. The zero-order valence-corrected chi connectivity index (χ0v) is 18.9. The van der Waals surface area contributed by atoms with Gasteiger partial charge in [-0.3, -0.25) is 4.79 Å². The van der Waals surface area contributed by atoms with Crippen LogP contribution in [0.4, 0.5) is 0 Å². The van der Waals surface area contributed by atoms with Crippen LogP contribution in [0.3, 0.4) is 0 Å². The van der Waals surface area contributed by atoms with Gasteiger partial charge in [-0.05, 0) is 86.0 Å². The summed E-state index contributed by atoms with van der Waals surface area (Å²) in [6, 6.07) is 6.15. The monoisotopic (exact) mass is 423 g/mol. The summed E-state index contributed by atoms with van der Waals surface area (Å²) in [6.07, 6.45) is 9.14. The van der Waals surface area contributed by atoms with E-state index in [0.717, 1.165) is 43.4 Å². The Morgan fingerprint density at radius 3 is 2.77 bits per heavy atom. The lowest BCUT2D eigenvalue weighted by atomic mass is 9.54. The minimum Gasteiger partial charge on any atom is -0.497 e. The maximum atomic E-state index is 13.6. The summed E-state index contributed by atoms with van der Waals surface area (Å²) in [7, 11) is 3.14. The van der Waals surface area contributed by atoms with E-state index in [1.54, 1.807) is 12.0 Å². The lowest BCUT2D eigenvalue weighted by Gasteiger charge is -2.50. The van der Waals surface area contributed by atoms with E-state index in [9.17, 15) is 9.59 Å². The molecule has 1 saturated carbocycles. The molecule has 5 atom stereocenters. The highest BCUT2D eigenvalue weighted by molar-refractivity contribution is 5.98. The maximum Gasteiger partial charge on any atom is 0.328 e. The van der Waals surface area contributed by atoms with Crippen LogP contribution in [0.2, 0.25) is 0 Å². The first kappa shape index (κ1) is 20.6. The number of rotatable bonds is 3. The first-order valence-corrected chi connectivity index (χ1v) is 11.7. The van der Waals surface area contributed by atoms with Gasteiger partial charge in [-0.15, -0.1) is 0 Å². The van der Waals surface area contributed by atoms with Gasteiger partial charge in [0, 0.05) is 17.5 Å². The fourth-order valence-corrected chi connectivity index (χ4v) is 7.13. The van der Waals surface area contributed by atoms with Crippen molar-refractivity contribution >= 4 is 11.9 Å². The van der Waals surface area contributed by atoms with Crippen molar-refractivity contribution in [1.82, 2.24) is 4.90 Å². The minimum atomic E-state index is -0.422. The van der Waals surface area contributed by atoms with Gasteiger partial charge < -0.3 is 14.4 Å². The zero-order valence-electron chi connectivity index (χ0n) is 18.9. The third kappa shape index (κ3) is 3.11. The third-order valence-corrected chi connectivity index (χ3v) is 8.73. The van der Waals surface area contributed by atoms with Crippen LogP contribution in [0.1, 0.15) is 62.5 Å². The van der Waals surface area contributed by atoms with E-state index in [4.69, 9.17) is 9.47 Å². The summed E-state index contributed by atoms with van der Waals surface area (Å²) in [6.45, 7) is 2.95. The van der Waals surface area contributed by atoms with E-state index < -0.39 is 6.04 Å². The third-order valence-electron chi connectivity index (χ3n) is 8.73. The maximum absolute atomic E-state index is 13.6. The smallest absolute Gasteiger partial charge is 0.328 e. The number of allylic oxidation sites excluding steroid dienone is 1. The van der Waals surface area contributed by atoms with E-state index in [1.807, 2.05) is 0 Å². The van der Waals surface area contributed by atoms with Crippen LogP contribution >= 0.6 is 0 Å². The molecule has 1 aromatic rings. The van der Waals surface area contributed by atoms with Crippen molar-refractivity contribution in [3.63, 3.8) is 0 Å². The highest BCUT2D eigenvalue weighted by Crippen LogP contribution is 2.61. The highest BCUT2D eigenvalue weighted by atomic mass is 16.5. The number of likely N-dealkylation sites (tertiary alicyclic amines) is 1. The van der Waals surface area contributed by atoms with Gasteiger partial charge in [-0.25, -0.2) is 4.79 Å². The second kappa shape index (κ2) is 7.68. The molecule has 0 spiro atoms. The summed E-state index contributed by atoms with van der Waals surface area (Å²) in [5, 5.41) is 0. The second-order valence-corrected chi connectivity index (χ2v) is 9.97. The number of aryl methyl sites for hydroxylation is 1. The molecule has 1 unspecified atom stereocenters. The number of carbonyl (C=O) groups excluding carboxylic acids is 2. The molecule has 1 amide bonds. The molecule has 5 heteroatoms. The molecule has 1 heterocycles. The van der Waals surface area contributed by atoms with E-state index in [0.29, 0.717) is 30.7 Å². The van der Waals surface area contributed by atoms with Crippen molar-refractivity contribution < 1.29 is 19.1 Å². The lowest BCUT2D eigenvalue weighted by Crippen LogP contribution is -2.47. The largest absolute Gasteiger partial charge is 0.497 e. The Morgan fingerprint density at radius 1 is 1.16 bits per heavy atom. The Hall–Kier alpha value is -2.30. The predicted molar refractivity (Wildman–Crippen MR) is 118 cm³/mol. The number of benzene rings is 1. The van der Waals surface area contributed by atoms with E-state index in [1.165, 1.54) is 24.7 Å². The Labute approximate surface area is 184 Å². The van der Waals surface area contributed by atoms with Crippen molar-refractivity contribution in [2.24, 2.45) is 17.3 Å². The van der Waals surface area contributed by atoms with Crippen LogP contribution in [-0.4, -0.2) is 43.6 Å². The van der Waals surface area contributed by atoms with Gasteiger partial charge in [-0.1, -0.05) is 19.1 Å². The summed E-state index contributed by atoms with van der Waals surface area (Å²) in [5.41, 5.74) is 3.78. The van der Waals surface area contributed by atoms with Gasteiger partial charge in [0.05, 0.1) is 14.2 Å². The quantitative estimate of drug-likeness (QED) is 0.682. The minimum absolute atomic E-state index is 0.0669. The van der Waals surface area contributed by atoms with Crippen LogP contribution < -0.4 is 4.74 Å². The van der Waals surface area contributed by atoms with Crippen molar-refractivity contribution in [3.05, 3.63) is 41.0 Å². The van der Waals surface area contributed by atoms with Gasteiger partial charge in [0.15, 0.2) is 0 Å².